The third-order valence-electron chi connectivity index (χ3n) is 5.60. The molecule has 2 atom stereocenters. The molecule has 0 aliphatic carbocycles. The van der Waals surface area contributed by atoms with Gasteiger partial charge in [0.25, 0.3) is 0 Å². The Bertz CT molecular complexity index is 621. The van der Waals surface area contributed by atoms with E-state index in [0.29, 0.717) is 11.9 Å². The van der Waals surface area contributed by atoms with Crippen LogP contribution in [0.3, 0.4) is 0 Å². The Morgan fingerprint density at radius 3 is 2.72 bits per heavy atom. The number of nitrogens with one attached hydrogen (secondary N) is 1. The van der Waals surface area contributed by atoms with Crippen molar-refractivity contribution in [2.75, 3.05) is 55.8 Å². The molecule has 3 saturated heterocycles. The predicted molar refractivity (Wildman–Crippen MR) is 101 cm³/mol. The van der Waals surface area contributed by atoms with Crippen molar-refractivity contribution in [2.24, 2.45) is 7.05 Å². The van der Waals surface area contributed by atoms with Crippen LogP contribution in [-0.4, -0.2) is 88.5 Å². The van der Waals surface area contributed by atoms with E-state index >= 15 is 0 Å². The summed E-state index contributed by atoms with van der Waals surface area (Å²) in [5, 5.41) is 7.92. The topological polar surface area (TPSA) is 56.6 Å². The van der Waals surface area contributed by atoms with Gasteiger partial charge in [-0.25, -0.2) is 0 Å². The number of hydrogen-bond acceptors (Lipinski definition) is 6. The van der Waals surface area contributed by atoms with E-state index in [4.69, 9.17) is 0 Å². The molecule has 3 aliphatic rings. The monoisotopic (exact) mass is 364 g/mol. The summed E-state index contributed by atoms with van der Waals surface area (Å²) >= 11 is 1.85. The first kappa shape index (κ1) is 17.2. The minimum atomic E-state index is 0.0152. The summed E-state index contributed by atoms with van der Waals surface area (Å²) in [5.41, 5.74) is 1.07. The van der Waals surface area contributed by atoms with Gasteiger partial charge in [-0.15, -0.1) is 11.8 Å². The van der Waals surface area contributed by atoms with Crippen molar-refractivity contribution in [3.8, 4) is 0 Å². The van der Waals surface area contributed by atoms with Crippen LogP contribution in [0.2, 0.25) is 0 Å². The molecule has 0 spiro atoms. The lowest BCUT2D eigenvalue weighted by Crippen LogP contribution is -2.51. The van der Waals surface area contributed by atoms with Gasteiger partial charge in [0.05, 0.1) is 17.6 Å². The zero-order valence-corrected chi connectivity index (χ0v) is 16.0. The lowest BCUT2D eigenvalue weighted by atomic mass is 10.1. The van der Waals surface area contributed by atoms with E-state index < -0.39 is 0 Å². The summed E-state index contributed by atoms with van der Waals surface area (Å²) < 4.78 is 1.98. The molecule has 3 fully saturated rings. The molecular weight excluding hydrogens is 336 g/mol. The van der Waals surface area contributed by atoms with E-state index in [1.54, 1.807) is 0 Å². The van der Waals surface area contributed by atoms with Crippen molar-refractivity contribution in [1.29, 1.82) is 0 Å². The van der Waals surface area contributed by atoms with Crippen molar-refractivity contribution < 1.29 is 4.79 Å². The van der Waals surface area contributed by atoms with Crippen LogP contribution in [0.15, 0.2) is 6.07 Å². The molecular formula is C17H28N6OS. The molecule has 1 aromatic heterocycles. The molecule has 3 aliphatic heterocycles. The van der Waals surface area contributed by atoms with Gasteiger partial charge in [-0.05, 0) is 13.3 Å². The Labute approximate surface area is 153 Å². The van der Waals surface area contributed by atoms with Crippen LogP contribution in [0, 0.1) is 6.92 Å². The number of anilines is 1. The summed E-state index contributed by atoms with van der Waals surface area (Å²) in [6, 6.07) is 2.66. The number of aryl methyl sites for hydroxylation is 2. The van der Waals surface area contributed by atoms with Crippen molar-refractivity contribution in [3.05, 3.63) is 11.8 Å². The predicted octanol–water partition coefficient (Wildman–Crippen LogP) is 0.114. The van der Waals surface area contributed by atoms with Crippen molar-refractivity contribution in [1.82, 2.24) is 24.9 Å². The van der Waals surface area contributed by atoms with Gasteiger partial charge in [0.1, 0.15) is 5.82 Å². The molecule has 0 unspecified atom stereocenters. The average molecular weight is 365 g/mol. The highest BCUT2D eigenvalue weighted by Crippen LogP contribution is 2.22. The quantitative estimate of drug-likeness (QED) is 0.822. The Hall–Kier alpha value is -1.25. The molecule has 138 valence electrons. The van der Waals surface area contributed by atoms with Gasteiger partial charge in [-0.1, -0.05) is 0 Å². The number of nitrogens with zero attached hydrogens (tertiary/aromatic N) is 5. The van der Waals surface area contributed by atoms with E-state index in [9.17, 15) is 4.79 Å². The van der Waals surface area contributed by atoms with Crippen LogP contribution in [-0.2, 0) is 11.8 Å². The van der Waals surface area contributed by atoms with E-state index in [0.717, 1.165) is 63.0 Å². The van der Waals surface area contributed by atoms with Crippen LogP contribution in [0.5, 0.6) is 0 Å². The van der Waals surface area contributed by atoms with Gasteiger partial charge in [0, 0.05) is 64.2 Å². The number of thioether (sulfide) groups is 1. The Morgan fingerprint density at radius 1 is 1.28 bits per heavy atom. The zero-order valence-electron chi connectivity index (χ0n) is 15.1. The van der Waals surface area contributed by atoms with Crippen LogP contribution >= 0.6 is 11.8 Å². The Balaban J connectivity index is 1.30. The second kappa shape index (κ2) is 7.17. The highest BCUT2D eigenvalue weighted by atomic mass is 32.2. The molecule has 0 aromatic carbocycles. The number of piperazine rings is 1. The van der Waals surface area contributed by atoms with Crippen LogP contribution < -0.4 is 10.2 Å². The molecule has 0 bridgehead atoms. The largest absolute Gasteiger partial charge is 0.354 e. The maximum Gasteiger partial charge on any atom is 0.240 e. The van der Waals surface area contributed by atoms with E-state index in [2.05, 4.69) is 26.3 Å². The Kier molecular flexibility index (Phi) is 4.92. The van der Waals surface area contributed by atoms with Crippen molar-refractivity contribution in [3.63, 3.8) is 0 Å². The van der Waals surface area contributed by atoms with Crippen LogP contribution in [0.4, 0.5) is 5.82 Å². The number of aromatic nitrogens is 2. The normalized spacial score (nSPS) is 28.1. The lowest BCUT2D eigenvalue weighted by molar-refractivity contribution is -0.131. The number of amides is 1. The Morgan fingerprint density at radius 2 is 2.08 bits per heavy atom. The summed E-state index contributed by atoms with van der Waals surface area (Å²) in [6.45, 7) is 8.04. The lowest BCUT2D eigenvalue weighted by Gasteiger charge is -2.38. The van der Waals surface area contributed by atoms with Gasteiger partial charge in [0.15, 0.2) is 0 Å². The third kappa shape index (κ3) is 3.52. The summed E-state index contributed by atoms with van der Waals surface area (Å²) in [6.07, 6.45) is 0.949. The highest BCUT2D eigenvalue weighted by molar-refractivity contribution is 7.99. The molecule has 0 radical (unpaired) electrons. The van der Waals surface area contributed by atoms with E-state index in [-0.39, 0.29) is 6.04 Å². The first-order chi connectivity index (χ1) is 12.1. The molecule has 0 saturated carbocycles. The minimum absolute atomic E-state index is 0.0152. The van der Waals surface area contributed by atoms with Crippen molar-refractivity contribution >= 4 is 23.5 Å². The fourth-order valence-electron chi connectivity index (χ4n) is 4.20. The fourth-order valence-corrected chi connectivity index (χ4v) is 5.16. The molecule has 1 amide bonds. The average Bonchev–Trinajstić information content (AvgIpc) is 3.35. The molecule has 1 N–H and O–H groups in total. The second-order valence-corrected chi connectivity index (χ2v) is 8.35. The van der Waals surface area contributed by atoms with Gasteiger partial charge in [0.2, 0.25) is 5.91 Å². The number of hydrogen-bond donors (Lipinski definition) is 1. The highest BCUT2D eigenvalue weighted by Gasteiger charge is 2.36. The molecule has 8 heteroatoms. The van der Waals surface area contributed by atoms with Gasteiger partial charge >= 0.3 is 0 Å². The number of carbonyl (C=O) groups excluding carboxylic acids is 1. The molecule has 4 rings (SSSR count). The maximum absolute atomic E-state index is 12.6. The number of carbonyl (C=O) groups is 1. The SMILES string of the molecule is Cc1cc(N2CCN([C@@H]3CN[C@H](C(=O)N4CCSC4)C3)CC2)n(C)n1. The standard InChI is InChI=1S/C17H28N6OS/c1-13-9-16(20(2)19-13)22-5-3-21(4-6-22)14-10-15(18-11-14)17(24)23-7-8-25-12-23/h9,14-15,18H,3-8,10-12H2,1-2H3/t14-,15-/m0/s1. The zero-order chi connectivity index (χ0) is 17.4. The third-order valence-corrected chi connectivity index (χ3v) is 6.57. The summed E-state index contributed by atoms with van der Waals surface area (Å²) in [7, 11) is 2.02. The van der Waals surface area contributed by atoms with Gasteiger partial charge in [-0.2, -0.15) is 5.10 Å². The first-order valence-corrected chi connectivity index (χ1v) is 10.4. The van der Waals surface area contributed by atoms with Crippen molar-refractivity contribution in [2.45, 2.75) is 25.4 Å². The minimum Gasteiger partial charge on any atom is -0.354 e. The van der Waals surface area contributed by atoms with Crippen LogP contribution in [0.25, 0.3) is 0 Å². The fraction of sp³-hybridized carbons (Fsp3) is 0.765. The van der Waals surface area contributed by atoms with Crippen LogP contribution in [0.1, 0.15) is 12.1 Å². The van der Waals surface area contributed by atoms with E-state index in [1.807, 2.05) is 35.3 Å². The first-order valence-electron chi connectivity index (χ1n) is 9.21. The molecule has 7 nitrogen and oxygen atoms in total. The van der Waals surface area contributed by atoms with Gasteiger partial charge in [-0.3, -0.25) is 14.4 Å². The summed E-state index contributed by atoms with van der Waals surface area (Å²) in [5.74, 6) is 3.46. The molecule has 4 heterocycles. The summed E-state index contributed by atoms with van der Waals surface area (Å²) in [4.78, 5) is 19.5. The van der Waals surface area contributed by atoms with E-state index in [1.165, 1.54) is 5.82 Å². The smallest absolute Gasteiger partial charge is 0.240 e. The molecule has 25 heavy (non-hydrogen) atoms. The van der Waals surface area contributed by atoms with Gasteiger partial charge < -0.3 is 15.1 Å². The number of rotatable bonds is 3. The molecule has 1 aromatic rings. The second-order valence-electron chi connectivity index (χ2n) is 7.28. The maximum atomic E-state index is 12.6.